The van der Waals surface area contributed by atoms with Gasteiger partial charge in [-0.05, 0) is 48.9 Å². The Hall–Kier alpha value is -0.530. The summed E-state index contributed by atoms with van der Waals surface area (Å²) in [6, 6.07) is 8.14. The third-order valence-corrected chi connectivity index (χ3v) is 3.84. The van der Waals surface area contributed by atoms with Crippen LogP contribution in [0.4, 0.5) is 0 Å². The van der Waals surface area contributed by atoms with Crippen LogP contribution in [0.25, 0.3) is 0 Å². The summed E-state index contributed by atoms with van der Waals surface area (Å²) < 4.78 is 0. The van der Waals surface area contributed by atoms with E-state index in [1.54, 1.807) is 0 Å². The van der Waals surface area contributed by atoms with Crippen molar-refractivity contribution in [2.45, 2.75) is 39.5 Å². The van der Waals surface area contributed by atoms with E-state index in [1.807, 2.05) is 12.1 Å². The molecule has 0 heterocycles. The maximum absolute atomic E-state index is 5.89. The normalized spacial score (nSPS) is 13.0. The molecule has 0 radical (unpaired) electrons. The Labute approximate surface area is 110 Å². The average molecular weight is 254 g/mol. The van der Waals surface area contributed by atoms with E-state index in [0.29, 0.717) is 5.92 Å². The largest absolute Gasteiger partial charge is 0.330 e. The smallest absolute Gasteiger partial charge is 0.0406 e. The fourth-order valence-corrected chi connectivity index (χ4v) is 2.44. The van der Waals surface area contributed by atoms with Crippen LogP contribution in [0.3, 0.4) is 0 Å². The Kier molecular flexibility index (Phi) is 6.61. The molecular weight excluding hydrogens is 230 g/mol. The highest BCUT2D eigenvalue weighted by atomic mass is 35.5. The second kappa shape index (κ2) is 7.73. The van der Waals surface area contributed by atoms with Crippen LogP contribution in [0, 0.1) is 11.8 Å². The molecule has 0 aliphatic rings. The fourth-order valence-electron chi connectivity index (χ4n) is 2.31. The summed E-state index contributed by atoms with van der Waals surface area (Å²) in [6.07, 6.45) is 4.83. The Morgan fingerprint density at radius 3 is 2.12 bits per heavy atom. The van der Waals surface area contributed by atoms with Gasteiger partial charge in [-0.1, -0.05) is 50.4 Å². The zero-order chi connectivity index (χ0) is 12.7. The number of hydrogen-bond donors (Lipinski definition) is 1. The number of rotatable bonds is 7. The van der Waals surface area contributed by atoms with Gasteiger partial charge < -0.3 is 5.73 Å². The molecule has 1 unspecified atom stereocenters. The fraction of sp³-hybridized carbons (Fsp3) is 0.600. The molecule has 2 N–H and O–H groups in total. The van der Waals surface area contributed by atoms with Crippen molar-refractivity contribution in [1.82, 2.24) is 0 Å². The van der Waals surface area contributed by atoms with Gasteiger partial charge in [0.1, 0.15) is 0 Å². The van der Waals surface area contributed by atoms with Crippen molar-refractivity contribution in [3.8, 4) is 0 Å². The van der Waals surface area contributed by atoms with Gasteiger partial charge in [0.25, 0.3) is 0 Å². The van der Waals surface area contributed by atoms with Gasteiger partial charge in [-0.2, -0.15) is 0 Å². The molecule has 17 heavy (non-hydrogen) atoms. The Morgan fingerprint density at radius 1 is 1.06 bits per heavy atom. The molecule has 1 rings (SSSR count). The molecule has 1 atom stereocenters. The molecular formula is C15H24ClN. The molecule has 0 amide bonds. The summed E-state index contributed by atoms with van der Waals surface area (Å²) >= 11 is 5.89. The van der Waals surface area contributed by atoms with Crippen LogP contribution in [0.2, 0.25) is 5.02 Å². The quantitative estimate of drug-likeness (QED) is 0.771. The summed E-state index contributed by atoms with van der Waals surface area (Å²) in [5.74, 6) is 1.41. The van der Waals surface area contributed by atoms with Crippen LogP contribution in [-0.4, -0.2) is 6.54 Å². The van der Waals surface area contributed by atoms with E-state index < -0.39 is 0 Å². The number of halogens is 1. The van der Waals surface area contributed by atoms with E-state index in [-0.39, 0.29) is 0 Å². The molecule has 0 aromatic heterocycles. The average Bonchev–Trinajstić information content (AvgIpc) is 2.37. The predicted octanol–water partition coefficient (Wildman–Crippen LogP) is 4.28. The van der Waals surface area contributed by atoms with Gasteiger partial charge in [-0.25, -0.2) is 0 Å². The van der Waals surface area contributed by atoms with Gasteiger partial charge in [0.2, 0.25) is 0 Å². The molecule has 1 nitrogen and oxygen atoms in total. The van der Waals surface area contributed by atoms with Crippen molar-refractivity contribution >= 4 is 11.6 Å². The molecule has 1 aromatic carbocycles. The van der Waals surface area contributed by atoms with Crippen molar-refractivity contribution in [3.05, 3.63) is 34.9 Å². The zero-order valence-electron chi connectivity index (χ0n) is 11.0. The maximum atomic E-state index is 5.89. The van der Waals surface area contributed by atoms with Crippen molar-refractivity contribution in [2.24, 2.45) is 17.6 Å². The van der Waals surface area contributed by atoms with Gasteiger partial charge in [-0.15, -0.1) is 0 Å². The zero-order valence-corrected chi connectivity index (χ0v) is 11.7. The van der Waals surface area contributed by atoms with Crippen LogP contribution in [0.1, 0.15) is 38.7 Å². The summed E-state index contributed by atoms with van der Waals surface area (Å²) in [6.45, 7) is 5.31. The van der Waals surface area contributed by atoms with Gasteiger partial charge in [0, 0.05) is 5.02 Å². The number of benzene rings is 1. The minimum absolute atomic E-state index is 0.598. The number of hydrogen-bond acceptors (Lipinski definition) is 1. The first kappa shape index (κ1) is 14.5. The topological polar surface area (TPSA) is 26.0 Å². The van der Waals surface area contributed by atoms with Gasteiger partial charge >= 0.3 is 0 Å². The summed E-state index contributed by atoms with van der Waals surface area (Å²) in [5, 5.41) is 0.804. The Balaban J connectivity index is 2.54. The molecule has 0 bridgehead atoms. The van der Waals surface area contributed by atoms with Crippen LogP contribution in [0.15, 0.2) is 24.3 Å². The second-order valence-electron chi connectivity index (χ2n) is 4.85. The van der Waals surface area contributed by atoms with Crippen LogP contribution >= 0.6 is 11.6 Å². The third-order valence-electron chi connectivity index (χ3n) is 3.59. The van der Waals surface area contributed by atoms with Gasteiger partial charge in [-0.3, -0.25) is 0 Å². The lowest BCUT2D eigenvalue weighted by molar-refractivity contribution is 0.356. The first-order valence-electron chi connectivity index (χ1n) is 6.64. The first-order chi connectivity index (χ1) is 8.19. The van der Waals surface area contributed by atoms with Crippen LogP contribution in [0.5, 0.6) is 0 Å². The van der Waals surface area contributed by atoms with E-state index in [0.717, 1.165) is 23.9 Å². The standard InChI is InChI=1S/C15H24ClN/c1-3-12(4-2)9-14(11-17)10-13-5-7-15(16)8-6-13/h5-8,12,14H,3-4,9-11,17H2,1-2H3. The summed E-state index contributed by atoms with van der Waals surface area (Å²) in [4.78, 5) is 0. The lowest BCUT2D eigenvalue weighted by Gasteiger charge is -2.20. The van der Waals surface area contributed by atoms with Crippen molar-refractivity contribution in [1.29, 1.82) is 0 Å². The monoisotopic (exact) mass is 253 g/mol. The van der Waals surface area contributed by atoms with Gasteiger partial charge in [0.05, 0.1) is 0 Å². The highest BCUT2D eigenvalue weighted by molar-refractivity contribution is 6.30. The lowest BCUT2D eigenvalue weighted by Crippen LogP contribution is -2.20. The predicted molar refractivity (Wildman–Crippen MR) is 76.4 cm³/mol. The molecule has 1 aromatic rings. The van der Waals surface area contributed by atoms with Crippen molar-refractivity contribution in [2.75, 3.05) is 6.54 Å². The van der Waals surface area contributed by atoms with Crippen LogP contribution in [-0.2, 0) is 6.42 Å². The molecule has 0 aliphatic carbocycles. The SMILES string of the molecule is CCC(CC)CC(CN)Cc1ccc(Cl)cc1. The molecule has 96 valence electrons. The molecule has 0 spiro atoms. The molecule has 0 aliphatic heterocycles. The minimum atomic E-state index is 0.598. The molecule has 2 heteroatoms. The van der Waals surface area contributed by atoms with E-state index in [1.165, 1.54) is 24.8 Å². The second-order valence-corrected chi connectivity index (χ2v) is 5.29. The van der Waals surface area contributed by atoms with Crippen LogP contribution < -0.4 is 5.73 Å². The molecule has 0 saturated carbocycles. The van der Waals surface area contributed by atoms with Gasteiger partial charge in [0.15, 0.2) is 0 Å². The number of nitrogens with two attached hydrogens (primary N) is 1. The first-order valence-corrected chi connectivity index (χ1v) is 7.01. The maximum Gasteiger partial charge on any atom is 0.0406 e. The highest BCUT2D eigenvalue weighted by Gasteiger charge is 2.13. The minimum Gasteiger partial charge on any atom is -0.330 e. The van der Waals surface area contributed by atoms with E-state index in [9.17, 15) is 0 Å². The van der Waals surface area contributed by atoms with E-state index in [2.05, 4.69) is 26.0 Å². The van der Waals surface area contributed by atoms with E-state index >= 15 is 0 Å². The van der Waals surface area contributed by atoms with Crippen molar-refractivity contribution < 1.29 is 0 Å². The molecule has 0 fully saturated rings. The highest BCUT2D eigenvalue weighted by Crippen LogP contribution is 2.22. The van der Waals surface area contributed by atoms with E-state index in [4.69, 9.17) is 17.3 Å². The summed E-state index contributed by atoms with van der Waals surface area (Å²) in [5.41, 5.74) is 7.23. The third kappa shape index (κ3) is 5.10. The summed E-state index contributed by atoms with van der Waals surface area (Å²) in [7, 11) is 0. The Bertz CT molecular complexity index is 303. The van der Waals surface area contributed by atoms with Crippen molar-refractivity contribution in [3.63, 3.8) is 0 Å². The lowest BCUT2D eigenvalue weighted by atomic mass is 9.87. The Morgan fingerprint density at radius 2 is 1.65 bits per heavy atom. The molecule has 0 saturated heterocycles.